The van der Waals surface area contributed by atoms with Crippen molar-refractivity contribution in [3.05, 3.63) is 52.9 Å². The third-order valence-electron chi connectivity index (χ3n) is 2.13. The average Bonchev–Trinajstić information content (AvgIpc) is 2.23. The minimum Gasteiger partial charge on any atom is -0.256 e. The Morgan fingerprint density at radius 2 is 2.00 bits per heavy atom. The van der Waals surface area contributed by atoms with Gasteiger partial charge in [-0.15, -0.1) is 0 Å². The van der Waals surface area contributed by atoms with Crippen molar-refractivity contribution in [1.82, 2.24) is 4.98 Å². The highest BCUT2D eigenvalue weighted by atomic mass is 35.5. The van der Waals surface area contributed by atoms with Crippen molar-refractivity contribution >= 4 is 11.6 Å². The average molecular weight is 222 g/mol. The van der Waals surface area contributed by atoms with Crippen LogP contribution in [0.3, 0.4) is 0 Å². The van der Waals surface area contributed by atoms with Crippen molar-refractivity contribution in [2.75, 3.05) is 0 Å². The first-order valence-electron chi connectivity index (χ1n) is 4.55. The highest BCUT2D eigenvalue weighted by molar-refractivity contribution is 6.31. The van der Waals surface area contributed by atoms with Gasteiger partial charge in [0.25, 0.3) is 0 Å². The zero-order chi connectivity index (χ0) is 10.8. The smallest absolute Gasteiger partial charge is 0.141 e. The topological polar surface area (TPSA) is 12.9 Å². The molecule has 15 heavy (non-hydrogen) atoms. The minimum absolute atomic E-state index is 0.120. The van der Waals surface area contributed by atoms with Gasteiger partial charge in [0.15, 0.2) is 0 Å². The lowest BCUT2D eigenvalue weighted by atomic mass is 10.1. The summed E-state index contributed by atoms with van der Waals surface area (Å²) in [5.74, 6) is -0.410. The maximum Gasteiger partial charge on any atom is 0.141 e. The molecule has 0 bridgehead atoms. The summed E-state index contributed by atoms with van der Waals surface area (Å²) in [7, 11) is 0. The molecule has 0 atom stereocenters. The third-order valence-corrected chi connectivity index (χ3v) is 2.42. The van der Waals surface area contributed by atoms with Crippen LogP contribution in [0.25, 0.3) is 11.3 Å². The Labute approximate surface area is 92.5 Å². The third kappa shape index (κ3) is 2.16. The van der Waals surface area contributed by atoms with E-state index in [0.29, 0.717) is 0 Å². The van der Waals surface area contributed by atoms with Crippen LogP contribution in [0.2, 0.25) is 5.02 Å². The molecule has 0 spiro atoms. The quantitative estimate of drug-likeness (QED) is 0.713. The predicted molar refractivity (Wildman–Crippen MR) is 59.4 cm³/mol. The molecule has 3 heteroatoms. The van der Waals surface area contributed by atoms with Gasteiger partial charge in [-0.2, -0.15) is 0 Å². The molecule has 0 unspecified atom stereocenters. The number of aryl methyl sites for hydroxylation is 1. The summed E-state index contributed by atoms with van der Waals surface area (Å²) in [6.07, 6.45) is 1.77. The zero-order valence-corrected chi connectivity index (χ0v) is 8.92. The fourth-order valence-electron chi connectivity index (χ4n) is 1.29. The fraction of sp³-hybridized carbons (Fsp3) is 0.0833. The number of nitrogens with zero attached hydrogens (tertiary/aromatic N) is 1. The molecule has 2 rings (SSSR count). The van der Waals surface area contributed by atoms with Crippen molar-refractivity contribution in [2.45, 2.75) is 6.92 Å². The van der Waals surface area contributed by atoms with E-state index in [9.17, 15) is 4.39 Å². The van der Waals surface area contributed by atoms with Gasteiger partial charge in [-0.05, 0) is 36.8 Å². The molecule has 0 aliphatic carbocycles. The molecule has 1 nitrogen and oxygen atoms in total. The fourth-order valence-corrected chi connectivity index (χ4v) is 1.47. The van der Waals surface area contributed by atoms with Crippen LogP contribution < -0.4 is 0 Å². The Bertz CT molecular complexity index is 479. The van der Waals surface area contributed by atoms with E-state index in [1.165, 1.54) is 6.07 Å². The van der Waals surface area contributed by atoms with Crippen LogP contribution in [0.15, 0.2) is 36.5 Å². The van der Waals surface area contributed by atoms with E-state index in [1.54, 1.807) is 18.3 Å². The van der Waals surface area contributed by atoms with Crippen molar-refractivity contribution in [3.8, 4) is 11.3 Å². The van der Waals surface area contributed by atoms with Gasteiger partial charge in [0.1, 0.15) is 5.82 Å². The maximum absolute atomic E-state index is 12.9. The number of rotatable bonds is 1. The molecule has 0 fully saturated rings. The van der Waals surface area contributed by atoms with E-state index in [0.717, 1.165) is 16.8 Å². The van der Waals surface area contributed by atoms with Crippen LogP contribution in [0, 0.1) is 12.7 Å². The first-order valence-corrected chi connectivity index (χ1v) is 4.93. The monoisotopic (exact) mass is 221 g/mol. The van der Waals surface area contributed by atoms with Crippen molar-refractivity contribution in [1.29, 1.82) is 0 Å². The summed E-state index contributed by atoms with van der Waals surface area (Å²) in [5, 5.41) is 0.120. The van der Waals surface area contributed by atoms with E-state index in [4.69, 9.17) is 11.6 Å². The first kappa shape index (κ1) is 10.1. The number of benzene rings is 1. The largest absolute Gasteiger partial charge is 0.256 e. The van der Waals surface area contributed by atoms with E-state index in [2.05, 4.69) is 4.98 Å². The molecule has 2 aromatic rings. The molecule has 76 valence electrons. The summed E-state index contributed by atoms with van der Waals surface area (Å²) in [4.78, 5) is 4.24. The van der Waals surface area contributed by atoms with Crippen LogP contribution in [0.1, 0.15) is 5.56 Å². The molecule has 0 saturated heterocycles. The molecule has 0 radical (unpaired) electrons. The van der Waals surface area contributed by atoms with Crippen LogP contribution in [0.4, 0.5) is 4.39 Å². The number of aromatic nitrogens is 1. The summed E-state index contributed by atoms with van der Waals surface area (Å²) in [5.41, 5.74) is 2.70. The second-order valence-electron chi connectivity index (χ2n) is 3.35. The molecular weight excluding hydrogens is 213 g/mol. The van der Waals surface area contributed by atoms with Gasteiger partial charge in [-0.3, -0.25) is 4.98 Å². The molecule has 0 saturated carbocycles. The Balaban J connectivity index is 2.45. The SMILES string of the molecule is Cc1ccc(-c2ccc(F)c(Cl)c2)nc1. The van der Waals surface area contributed by atoms with E-state index >= 15 is 0 Å². The van der Waals surface area contributed by atoms with Crippen molar-refractivity contribution in [2.24, 2.45) is 0 Å². The van der Waals surface area contributed by atoms with Gasteiger partial charge in [0.2, 0.25) is 0 Å². The van der Waals surface area contributed by atoms with E-state index in [-0.39, 0.29) is 5.02 Å². The highest BCUT2D eigenvalue weighted by Crippen LogP contribution is 2.23. The molecule has 1 aromatic heterocycles. The molecule has 1 heterocycles. The number of halogens is 2. The summed E-state index contributed by atoms with van der Waals surface area (Å²) in [6, 6.07) is 8.44. The summed E-state index contributed by atoms with van der Waals surface area (Å²) in [6.45, 7) is 1.97. The van der Waals surface area contributed by atoms with Crippen LogP contribution >= 0.6 is 11.6 Å². The van der Waals surface area contributed by atoms with Gasteiger partial charge in [0, 0.05) is 11.8 Å². The van der Waals surface area contributed by atoms with E-state index in [1.807, 2.05) is 19.1 Å². The Kier molecular flexibility index (Phi) is 2.69. The lowest BCUT2D eigenvalue weighted by Gasteiger charge is -2.02. The van der Waals surface area contributed by atoms with E-state index < -0.39 is 5.82 Å². The molecular formula is C12H9ClFN. The number of hydrogen-bond acceptors (Lipinski definition) is 1. The Morgan fingerprint density at radius 1 is 1.20 bits per heavy atom. The van der Waals surface area contributed by atoms with Gasteiger partial charge in [-0.1, -0.05) is 17.7 Å². The van der Waals surface area contributed by atoms with Gasteiger partial charge >= 0.3 is 0 Å². The van der Waals surface area contributed by atoms with Crippen molar-refractivity contribution < 1.29 is 4.39 Å². The zero-order valence-electron chi connectivity index (χ0n) is 8.17. The predicted octanol–water partition coefficient (Wildman–Crippen LogP) is 3.85. The van der Waals surface area contributed by atoms with Gasteiger partial charge < -0.3 is 0 Å². The molecule has 0 aliphatic heterocycles. The number of hydrogen-bond donors (Lipinski definition) is 0. The second-order valence-corrected chi connectivity index (χ2v) is 3.76. The standard InChI is InChI=1S/C12H9ClFN/c1-8-2-5-12(15-7-8)9-3-4-11(14)10(13)6-9/h2-7H,1H3. The second kappa shape index (κ2) is 3.99. The molecule has 1 aromatic carbocycles. The highest BCUT2D eigenvalue weighted by Gasteiger charge is 2.03. The molecule has 0 N–H and O–H groups in total. The van der Waals surface area contributed by atoms with Crippen molar-refractivity contribution in [3.63, 3.8) is 0 Å². The van der Waals surface area contributed by atoms with Crippen LogP contribution in [0.5, 0.6) is 0 Å². The Hall–Kier alpha value is -1.41. The maximum atomic E-state index is 12.9. The lowest BCUT2D eigenvalue weighted by Crippen LogP contribution is -1.85. The number of pyridine rings is 1. The lowest BCUT2D eigenvalue weighted by molar-refractivity contribution is 0.628. The first-order chi connectivity index (χ1) is 7.16. The summed E-state index contributed by atoms with van der Waals surface area (Å²) < 4.78 is 12.9. The molecule has 0 aliphatic rings. The van der Waals surface area contributed by atoms with Gasteiger partial charge in [0.05, 0.1) is 10.7 Å². The minimum atomic E-state index is -0.410. The summed E-state index contributed by atoms with van der Waals surface area (Å²) >= 11 is 5.69. The molecule has 0 amide bonds. The Morgan fingerprint density at radius 3 is 2.60 bits per heavy atom. The van der Waals surface area contributed by atoms with Crippen LogP contribution in [-0.2, 0) is 0 Å². The van der Waals surface area contributed by atoms with Crippen LogP contribution in [-0.4, -0.2) is 4.98 Å². The van der Waals surface area contributed by atoms with Gasteiger partial charge in [-0.25, -0.2) is 4.39 Å². The normalized spacial score (nSPS) is 10.3.